The zero-order valence-electron chi connectivity index (χ0n) is 14.5. The van der Waals surface area contributed by atoms with E-state index < -0.39 is 11.6 Å². The summed E-state index contributed by atoms with van der Waals surface area (Å²) >= 11 is 0. The van der Waals surface area contributed by atoms with Gasteiger partial charge in [-0.3, -0.25) is 0 Å². The van der Waals surface area contributed by atoms with Crippen LogP contribution in [0, 0.1) is 11.6 Å². The van der Waals surface area contributed by atoms with Crippen LogP contribution in [0.4, 0.5) is 37.6 Å². The van der Waals surface area contributed by atoms with Crippen LogP contribution in [0.1, 0.15) is 12.8 Å². The number of anilines is 5. The van der Waals surface area contributed by atoms with Gasteiger partial charge in [-0.25, -0.2) is 8.78 Å². The second-order valence-electron chi connectivity index (χ2n) is 6.29. The summed E-state index contributed by atoms with van der Waals surface area (Å²) in [5.74, 6) is -1.18. The van der Waals surface area contributed by atoms with Crippen LogP contribution in [0.2, 0.25) is 0 Å². The molecule has 0 radical (unpaired) electrons. The molecule has 0 unspecified atom stereocenters. The molecular formula is C19H18F2N6. The van der Waals surface area contributed by atoms with Crippen LogP contribution in [0.3, 0.4) is 0 Å². The van der Waals surface area contributed by atoms with Gasteiger partial charge in [0.2, 0.25) is 5.95 Å². The number of nitrogens with one attached hydrogen (secondary N) is 2. The highest BCUT2D eigenvalue weighted by molar-refractivity contribution is 5.62. The predicted molar refractivity (Wildman–Crippen MR) is 101 cm³/mol. The molecule has 1 fully saturated rings. The van der Waals surface area contributed by atoms with E-state index in [1.165, 1.54) is 30.8 Å². The number of nitrogens with zero attached hydrogens (tertiary/aromatic N) is 4. The van der Waals surface area contributed by atoms with Crippen molar-refractivity contribution in [1.82, 2.24) is 15.2 Å². The molecule has 6 nitrogen and oxygen atoms in total. The first kappa shape index (κ1) is 17.1. The molecule has 2 N–H and O–H groups in total. The molecule has 1 aromatic heterocycles. The van der Waals surface area contributed by atoms with Gasteiger partial charge in [0, 0.05) is 36.2 Å². The summed E-state index contributed by atoms with van der Waals surface area (Å²) in [4.78, 5) is 6.65. The van der Waals surface area contributed by atoms with Gasteiger partial charge in [-0.2, -0.15) is 10.1 Å². The van der Waals surface area contributed by atoms with E-state index in [1.54, 1.807) is 0 Å². The third kappa shape index (κ3) is 4.11. The van der Waals surface area contributed by atoms with Crippen molar-refractivity contribution in [2.75, 3.05) is 28.6 Å². The Morgan fingerprint density at radius 2 is 1.59 bits per heavy atom. The standard InChI is InChI=1S/C19H18F2N6/c20-16-8-5-14(11-17(16)21)24-19-25-18(12-22-26-19)23-13-3-6-15(7-4-13)27-9-1-2-10-27/h3-8,11-12H,1-2,9-10H2,(H2,23,24,25,26). The first-order valence-corrected chi connectivity index (χ1v) is 8.71. The van der Waals surface area contributed by atoms with Crippen LogP contribution in [0.15, 0.2) is 48.7 Å². The van der Waals surface area contributed by atoms with Crippen molar-refractivity contribution in [2.24, 2.45) is 0 Å². The number of hydrogen-bond acceptors (Lipinski definition) is 6. The van der Waals surface area contributed by atoms with Crippen LogP contribution in [0.5, 0.6) is 0 Å². The van der Waals surface area contributed by atoms with Crippen LogP contribution < -0.4 is 15.5 Å². The summed E-state index contributed by atoms with van der Waals surface area (Å²) in [6, 6.07) is 11.6. The Morgan fingerprint density at radius 3 is 2.33 bits per heavy atom. The van der Waals surface area contributed by atoms with Crippen molar-refractivity contribution in [3.63, 3.8) is 0 Å². The number of halogens is 2. The number of aromatic nitrogens is 3. The van der Waals surface area contributed by atoms with Crippen LogP contribution in [-0.4, -0.2) is 28.3 Å². The summed E-state index contributed by atoms with van der Waals surface area (Å²) in [7, 11) is 0. The summed E-state index contributed by atoms with van der Waals surface area (Å²) in [5.41, 5.74) is 2.42. The molecule has 1 saturated heterocycles. The highest BCUT2D eigenvalue weighted by Crippen LogP contribution is 2.24. The minimum Gasteiger partial charge on any atom is -0.372 e. The smallest absolute Gasteiger partial charge is 0.249 e. The molecule has 2 aromatic carbocycles. The molecule has 0 bridgehead atoms. The van der Waals surface area contributed by atoms with Gasteiger partial charge in [0.15, 0.2) is 17.5 Å². The van der Waals surface area contributed by atoms with Gasteiger partial charge in [0.05, 0.1) is 6.20 Å². The molecule has 2 heterocycles. The third-order valence-corrected chi connectivity index (χ3v) is 4.35. The van der Waals surface area contributed by atoms with Gasteiger partial charge in [-0.05, 0) is 49.2 Å². The van der Waals surface area contributed by atoms with E-state index in [0.717, 1.165) is 30.9 Å². The highest BCUT2D eigenvalue weighted by Gasteiger charge is 2.12. The molecule has 138 valence electrons. The lowest BCUT2D eigenvalue weighted by Gasteiger charge is -2.17. The van der Waals surface area contributed by atoms with Crippen LogP contribution >= 0.6 is 0 Å². The molecule has 0 aliphatic carbocycles. The lowest BCUT2D eigenvalue weighted by molar-refractivity contribution is 0.509. The fraction of sp³-hybridized carbons (Fsp3) is 0.211. The Morgan fingerprint density at radius 1 is 0.852 bits per heavy atom. The maximum Gasteiger partial charge on any atom is 0.249 e. The Hall–Kier alpha value is -3.29. The summed E-state index contributed by atoms with van der Waals surface area (Å²) in [6.07, 6.45) is 3.96. The molecule has 0 spiro atoms. The molecule has 1 aliphatic rings. The minimum absolute atomic E-state index is 0.180. The van der Waals surface area contributed by atoms with Crippen molar-refractivity contribution >= 4 is 28.8 Å². The number of rotatable bonds is 5. The Kier molecular flexibility index (Phi) is 4.78. The fourth-order valence-electron chi connectivity index (χ4n) is 3.00. The Balaban J connectivity index is 1.45. The van der Waals surface area contributed by atoms with Gasteiger partial charge < -0.3 is 15.5 Å². The monoisotopic (exact) mass is 368 g/mol. The first-order chi connectivity index (χ1) is 13.2. The summed E-state index contributed by atoms with van der Waals surface area (Å²) in [6.45, 7) is 2.20. The predicted octanol–water partition coefficient (Wildman–Crippen LogP) is 4.24. The second kappa shape index (κ2) is 7.53. The van der Waals surface area contributed by atoms with E-state index in [-0.39, 0.29) is 5.95 Å². The third-order valence-electron chi connectivity index (χ3n) is 4.35. The van der Waals surface area contributed by atoms with Crippen LogP contribution in [0.25, 0.3) is 0 Å². The molecule has 0 atom stereocenters. The number of hydrogen-bond donors (Lipinski definition) is 2. The maximum absolute atomic E-state index is 13.3. The van der Waals surface area contributed by atoms with Crippen molar-refractivity contribution in [3.8, 4) is 0 Å². The van der Waals surface area contributed by atoms with E-state index >= 15 is 0 Å². The fourth-order valence-corrected chi connectivity index (χ4v) is 3.00. The average molecular weight is 368 g/mol. The van der Waals surface area contributed by atoms with E-state index in [9.17, 15) is 8.78 Å². The summed E-state index contributed by atoms with van der Waals surface area (Å²) in [5, 5.41) is 13.7. The lowest BCUT2D eigenvalue weighted by Crippen LogP contribution is -2.17. The van der Waals surface area contributed by atoms with Gasteiger partial charge in [0.25, 0.3) is 0 Å². The molecule has 27 heavy (non-hydrogen) atoms. The maximum atomic E-state index is 13.3. The zero-order valence-corrected chi connectivity index (χ0v) is 14.5. The Bertz CT molecular complexity index is 926. The quantitative estimate of drug-likeness (QED) is 0.702. The average Bonchev–Trinajstić information content (AvgIpc) is 3.21. The van der Waals surface area contributed by atoms with E-state index in [4.69, 9.17) is 0 Å². The van der Waals surface area contributed by atoms with E-state index in [0.29, 0.717) is 11.5 Å². The number of benzene rings is 2. The molecule has 4 rings (SSSR count). The normalized spacial score (nSPS) is 13.6. The minimum atomic E-state index is -0.944. The molecule has 0 amide bonds. The molecule has 1 aliphatic heterocycles. The topological polar surface area (TPSA) is 66.0 Å². The van der Waals surface area contributed by atoms with Crippen molar-refractivity contribution in [2.45, 2.75) is 12.8 Å². The second-order valence-corrected chi connectivity index (χ2v) is 6.29. The van der Waals surface area contributed by atoms with Crippen molar-refractivity contribution in [3.05, 3.63) is 60.3 Å². The molecular weight excluding hydrogens is 350 g/mol. The SMILES string of the molecule is Fc1ccc(Nc2nncc(Nc3ccc(N4CCCC4)cc3)n2)cc1F. The van der Waals surface area contributed by atoms with Gasteiger partial charge in [-0.15, -0.1) is 5.10 Å². The lowest BCUT2D eigenvalue weighted by atomic mass is 10.2. The highest BCUT2D eigenvalue weighted by atomic mass is 19.2. The van der Waals surface area contributed by atoms with Crippen LogP contribution in [-0.2, 0) is 0 Å². The first-order valence-electron chi connectivity index (χ1n) is 8.71. The zero-order chi connectivity index (χ0) is 18.6. The van der Waals surface area contributed by atoms with Gasteiger partial charge in [-0.1, -0.05) is 0 Å². The molecule has 8 heteroatoms. The van der Waals surface area contributed by atoms with Crippen molar-refractivity contribution < 1.29 is 8.78 Å². The van der Waals surface area contributed by atoms with Gasteiger partial charge >= 0.3 is 0 Å². The summed E-state index contributed by atoms with van der Waals surface area (Å²) < 4.78 is 26.3. The molecule has 0 saturated carbocycles. The van der Waals surface area contributed by atoms with E-state index in [2.05, 4.69) is 42.8 Å². The Labute approximate surface area is 155 Å². The van der Waals surface area contributed by atoms with E-state index in [1.807, 2.05) is 12.1 Å². The molecule has 3 aromatic rings. The van der Waals surface area contributed by atoms with Crippen molar-refractivity contribution in [1.29, 1.82) is 0 Å². The largest absolute Gasteiger partial charge is 0.372 e. The van der Waals surface area contributed by atoms with Gasteiger partial charge in [0.1, 0.15) is 0 Å².